The highest BCUT2D eigenvalue weighted by molar-refractivity contribution is 5.93. The Labute approximate surface area is 79.7 Å². The third kappa shape index (κ3) is 2.31. The average Bonchev–Trinajstić information content (AvgIpc) is 2.21. The lowest BCUT2D eigenvalue weighted by atomic mass is 10.2. The Hall–Kier alpha value is -1.31. The maximum absolute atomic E-state index is 4.40. The number of para-hydroxylation sites is 2. The Balaban J connectivity index is 0.000000396. The molecule has 1 aliphatic rings. The van der Waals surface area contributed by atoms with Crippen LogP contribution in [0.3, 0.4) is 0 Å². The van der Waals surface area contributed by atoms with E-state index in [2.05, 4.69) is 10.3 Å². The quantitative estimate of drug-likeness (QED) is 0.644. The van der Waals surface area contributed by atoms with Crippen LogP contribution in [0.2, 0.25) is 0 Å². The van der Waals surface area contributed by atoms with E-state index in [9.17, 15) is 0 Å². The van der Waals surface area contributed by atoms with Crippen LogP contribution < -0.4 is 5.32 Å². The van der Waals surface area contributed by atoms with Crippen LogP contribution in [0, 0.1) is 0 Å². The molecular formula is C11H16N2. The van der Waals surface area contributed by atoms with Gasteiger partial charge in [-0.15, -0.1) is 0 Å². The molecule has 0 amide bonds. The summed E-state index contributed by atoms with van der Waals surface area (Å²) in [5.41, 5.74) is 3.33. The minimum atomic E-state index is 0.872. The molecule has 1 aromatic carbocycles. The highest BCUT2D eigenvalue weighted by Gasteiger charge is 2.05. The number of nitrogens with one attached hydrogen (secondary N) is 1. The van der Waals surface area contributed by atoms with Crippen molar-refractivity contribution in [3.63, 3.8) is 0 Å². The van der Waals surface area contributed by atoms with Crippen molar-refractivity contribution in [2.24, 2.45) is 4.99 Å². The molecule has 0 atom stereocenters. The van der Waals surface area contributed by atoms with E-state index in [-0.39, 0.29) is 0 Å². The molecule has 2 nitrogen and oxygen atoms in total. The lowest BCUT2D eigenvalue weighted by Gasteiger charge is -2.14. The van der Waals surface area contributed by atoms with Gasteiger partial charge in [0.05, 0.1) is 17.9 Å². The summed E-state index contributed by atoms with van der Waals surface area (Å²) < 4.78 is 0. The van der Waals surface area contributed by atoms with Crippen molar-refractivity contribution in [2.45, 2.75) is 20.8 Å². The van der Waals surface area contributed by atoms with Gasteiger partial charge in [0.25, 0.3) is 0 Å². The minimum absolute atomic E-state index is 0.872. The minimum Gasteiger partial charge on any atom is -0.378 e. The van der Waals surface area contributed by atoms with Gasteiger partial charge in [-0.1, -0.05) is 26.0 Å². The molecular weight excluding hydrogens is 160 g/mol. The van der Waals surface area contributed by atoms with E-state index in [4.69, 9.17) is 0 Å². The number of hydrogen-bond acceptors (Lipinski definition) is 2. The summed E-state index contributed by atoms with van der Waals surface area (Å²) in [5.74, 6) is 0. The van der Waals surface area contributed by atoms with Crippen LogP contribution in [-0.4, -0.2) is 12.3 Å². The Morgan fingerprint density at radius 1 is 1.23 bits per heavy atom. The number of nitrogens with zero attached hydrogens (tertiary/aromatic N) is 1. The summed E-state index contributed by atoms with van der Waals surface area (Å²) in [5, 5.41) is 3.28. The summed E-state index contributed by atoms with van der Waals surface area (Å²) in [7, 11) is 0. The first-order valence-corrected chi connectivity index (χ1v) is 4.73. The summed E-state index contributed by atoms with van der Waals surface area (Å²) >= 11 is 0. The van der Waals surface area contributed by atoms with E-state index in [0.717, 1.165) is 23.6 Å². The fourth-order valence-electron chi connectivity index (χ4n) is 1.19. The molecule has 1 N–H and O–H groups in total. The van der Waals surface area contributed by atoms with E-state index in [0.29, 0.717) is 0 Å². The number of aliphatic imine (C=N–C) groups is 1. The molecule has 0 unspecified atom stereocenters. The third-order valence-corrected chi connectivity index (χ3v) is 1.75. The zero-order chi connectivity index (χ0) is 9.68. The van der Waals surface area contributed by atoms with E-state index < -0.39 is 0 Å². The lowest BCUT2D eigenvalue weighted by Crippen LogP contribution is -2.13. The zero-order valence-electron chi connectivity index (χ0n) is 8.46. The number of fused-ring (bicyclic) bond motifs is 1. The maximum Gasteiger partial charge on any atom is 0.0861 e. The van der Waals surface area contributed by atoms with Crippen LogP contribution >= 0.6 is 0 Å². The molecule has 2 rings (SSSR count). The Kier molecular flexibility index (Phi) is 3.50. The standard InChI is InChI=1S/C9H10N2.C2H6/c1-7-6-10-8-4-2-3-5-9(8)11-7;1-2/h2-5,10H,6H2,1H3;1-2H3. The van der Waals surface area contributed by atoms with Gasteiger partial charge < -0.3 is 5.32 Å². The van der Waals surface area contributed by atoms with Crippen molar-refractivity contribution in [1.82, 2.24) is 0 Å². The van der Waals surface area contributed by atoms with E-state index in [1.807, 2.05) is 45.0 Å². The van der Waals surface area contributed by atoms with Crippen LogP contribution in [0.5, 0.6) is 0 Å². The number of benzene rings is 1. The lowest BCUT2D eigenvalue weighted by molar-refractivity contribution is 1.29. The normalized spacial score (nSPS) is 13.0. The van der Waals surface area contributed by atoms with Crippen LogP contribution in [-0.2, 0) is 0 Å². The SMILES string of the molecule is CC.CC1=Nc2ccccc2NC1. The molecule has 0 aliphatic carbocycles. The number of anilines is 1. The average molecular weight is 176 g/mol. The van der Waals surface area contributed by atoms with E-state index in [1.54, 1.807) is 0 Å². The topological polar surface area (TPSA) is 24.4 Å². The molecule has 0 aromatic heterocycles. The second kappa shape index (κ2) is 4.65. The van der Waals surface area contributed by atoms with Gasteiger partial charge in [0.2, 0.25) is 0 Å². The summed E-state index contributed by atoms with van der Waals surface area (Å²) in [6.45, 7) is 6.90. The smallest absolute Gasteiger partial charge is 0.0861 e. The molecule has 2 heteroatoms. The molecule has 70 valence electrons. The molecule has 1 aromatic rings. The highest BCUT2D eigenvalue weighted by atomic mass is 15.0. The van der Waals surface area contributed by atoms with Crippen molar-refractivity contribution < 1.29 is 0 Å². The second-order valence-corrected chi connectivity index (χ2v) is 2.72. The number of hydrogen-bond donors (Lipinski definition) is 1. The first-order valence-electron chi connectivity index (χ1n) is 4.73. The third-order valence-electron chi connectivity index (χ3n) is 1.75. The molecule has 0 bridgehead atoms. The summed E-state index contributed by atoms with van der Waals surface area (Å²) in [6.07, 6.45) is 0. The van der Waals surface area contributed by atoms with Crippen molar-refractivity contribution in [3.05, 3.63) is 24.3 Å². The first kappa shape index (κ1) is 9.78. The molecule has 13 heavy (non-hydrogen) atoms. The van der Waals surface area contributed by atoms with Crippen LogP contribution in [0.4, 0.5) is 11.4 Å². The predicted molar refractivity (Wildman–Crippen MR) is 59.0 cm³/mol. The molecule has 0 spiro atoms. The molecule has 1 aliphatic heterocycles. The van der Waals surface area contributed by atoms with Crippen LogP contribution in [0.25, 0.3) is 0 Å². The maximum atomic E-state index is 4.40. The monoisotopic (exact) mass is 176 g/mol. The fraction of sp³-hybridized carbons (Fsp3) is 0.364. The second-order valence-electron chi connectivity index (χ2n) is 2.72. The van der Waals surface area contributed by atoms with Crippen LogP contribution in [0.15, 0.2) is 29.3 Å². The fourth-order valence-corrected chi connectivity index (χ4v) is 1.19. The highest BCUT2D eigenvalue weighted by Crippen LogP contribution is 2.26. The zero-order valence-corrected chi connectivity index (χ0v) is 8.46. The molecule has 0 saturated heterocycles. The Morgan fingerprint density at radius 2 is 1.92 bits per heavy atom. The molecule has 0 saturated carbocycles. The largest absolute Gasteiger partial charge is 0.378 e. The van der Waals surface area contributed by atoms with Crippen molar-refractivity contribution in [1.29, 1.82) is 0 Å². The van der Waals surface area contributed by atoms with Gasteiger partial charge in [0.1, 0.15) is 0 Å². The van der Waals surface area contributed by atoms with E-state index in [1.165, 1.54) is 0 Å². The molecule has 1 heterocycles. The van der Waals surface area contributed by atoms with E-state index >= 15 is 0 Å². The van der Waals surface area contributed by atoms with Crippen molar-refractivity contribution in [3.8, 4) is 0 Å². The Bertz CT molecular complexity index is 303. The van der Waals surface area contributed by atoms with Gasteiger partial charge in [-0.2, -0.15) is 0 Å². The Morgan fingerprint density at radius 3 is 2.69 bits per heavy atom. The van der Waals surface area contributed by atoms with Gasteiger partial charge in [-0.3, -0.25) is 4.99 Å². The first-order chi connectivity index (χ1) is 6.36. The van der Waals surface area contributed by atoms with Gasteiger partial charge in [-0.05, 0) is 19.1 Å². The van der Waals surface area contributed by atoms with Crippen molar-refractivity contribution >= 4 is 17.1 Å². The number of rotatable bonds is 0. The predicted octanol–water partition coefficient (Wildman–Crippen LogP) is 3.23. The van der Waals surface area contributed by atoms with Gasteiger partial charge >= 0.3 is 0 Å². The summed E-state index contributed by atoms with van der Waals surface area (Å²) in [4.78, 5) is 4.40. The molecule has 0 radical (unpaired) electrons. The molecule has 0 fully saturated rings. The van der Waals surface area contributed by atoms with Crippen LogP contribution in [0.1, 0.15) is 20.8 Å². The van der Waals surface area contributed by atoms with Crippen molar-refractivity contribution in [2.75, 3.05) is 11.9 Å². The van der Waals surface area contributed by atoms with Gasteiger partial charge in [0.15, 0.2) is 0 Å². The summed E-state index contributed by atoms with van der Waals surface area (Å²) in [6, 6.07) is 8.08. The van der Waals surface area contributed by atoms with Gasteiger partial charge in [0, 0.05) is 5.71 Å². The van der Waals surface area contributed by atoms with Gasteiger partial charge in [-0.25, -0.2) is 0 Å².